The van der Waals surface area contributed by atoms with Gasteiger partial charge < -0.3 is 43.5 Å². The molecule has 1 saturated carbocycles. The number of methoxy groups -OCH3 is 3. The van der Waals surface area contributed by atoms with Gasteiger partial charge in [-0.05, 0) is 119 Å². The molecule has 14 heteroatoms. The Morgan fingerprint density at radius 3 is 2.28 bits per heavy atom. The van der Waals surface area contributed by atoms with Crippen LogP contribution in [0, 0.1) is 36.5 Å². The molecule has 1 aromatic rings. The molecular formula is C50H74FNO12. The Balaban J connectivity index is 1.50. The summed E-state index contributed by atoms with van der Waals surface area (Å²) in [5.74, 6) is -8.26. The molecule has 3 heterocycles. The van der Waals surface area contributed by atoms with Gasteiger partial charge in [0.1, 0.15) is 42.1 Å². The van der Waals surface area contributed by atoms with Crippen molar-refractivity contribution in [1.82, 2.24) is 4.90 Å². The summed E-state index contributed by atoms with van der Waals surface area (Å²) in [7, 11) is 4.55. The van der Waals surface area contributed by atoms with Crippen molar-refractivity contribution in [3.63, 3.8) is 0 Å². The molecule has 0 spiro atoms. The minimum atomic E-state index is -2.61. The first-order valence-corrected chi connectivity index (χ1v) is 23.4. The van der Waals surface area contributed by atoms with Crippen molar-refractivity contribution < 1.29 is 62.2 Å². The number of amides is 1. The maximum atomic E-state index is 16.3. The van der Waals surface area contributed by atoms with Gasteiger partial charge in [-0.2, -0.15) is 0 Å². The summed E-state index contributed by atoms with van der Waals surface area (Å²) in [4.78, 5) is 58.2. The number of hydrogen-bond donors (Lipinski definition) is 2. The number of Topliss-reactive ketones (excluding diaryl/α,β-unsaturated/α-hetero) is 2. The predicted molar refractivity (Wildman–Crippen MR) is 238 cm³/mol. The fourth-order valence-corrected chi connectivity index (χ4v) is 10.3. The molecule has 64 heavy (non-hydrogen) atoms. The predicted octanol–water partition coefficient (Wildman–Crippen LogP) is 6.82. The number of alkyl halides is 1. The van der Waals surface area contributed by atoms with Gasteiger partial charge in [-0.15, -0.1) is 0 Å². The van der Waals surface area contributed by atoms with E-state index in [9.17, 15) is 29.4 Å². The van der Waals surface area contributed by atoms with Crippen LogP contribution in [0.2, 0.25) is 0 Å². The molecule has 1 aromatic carbocycles. The van der Waals surface area contributed by atoms with E-state index in [-0.39, 0.29) is 56.1 Å². The van der Waals surface area contributed by atoms with Gasteiger partial charge in [-0.3, -0.25) is 14.4 Å². The second-order valence-electron chi connectivity index (χ2n) is 19.0. The summed E-state index contributed by atoms with van der Waals surface area (Å²) in [6, 6.07) is 6.70. The maximum Gasteiger partial charge on any atom is 0.329 e. The molecule has 5 rings (SSSR count). The van der Waals surface area contributed by atoms with E-state index in [4.69, 9.17) is 28.4 Å². The van der Waals surface area contributed by atoms with Crippen molar-refractivity contribution in [2.75, 3.05) is 27.9 Å². The number of allylic oxidation sites excluding steroid dienone is 3. The zero-order chi connectivity index (χ0) is 47.0. The number of aryl methyl sites for hydroxylation is 1. The lowest BCUT2D eigenvalue weighted by atomic mass is 9.81. The van der Waals surface area contributed by atoms with Gasteiger partial charge in [0.15, 0.2) is 0 Å². The van der Waals surface area contributed by atoms with Gasteiger partial charge in [-0.25, -0.2) is 9.18 Å². The van der Waals surface area contributed by atoms with Crippen LogP contribution in [0.1, 0.15) is 111 Å². The summed E-state index contributed by atoms with van der Waals surface area (Å²) in [6.45, 7) is 12.4. The summed E-state index contributed by atoms with van der Waals surface area (Å²) in [6.07, 6.45) is 0.485. The third kappa shape index (κ3) is 11.9. The standard InChI is InChI=1S/C50H74FNO12/c1-11-35-23-29(3)44(51)30(4)24-42(60-9)46-43(61-10)25-32(6)50(58,64-46)47(55)48(56)52-20-13-12-17-37(52)49(57)63-45(33(7)38(53)27-39(35)54)31(5)22-34-18-19-40(41(26-34)59-8)62-36-16-14-15-28(2)21-36/h14-16,21-23,30,32-35,37-38,40-46,53,58H,11-13,17-20,24-27H2,1-10H3/b29-23+,31-22?. The van der Waals surface area contributed by atoms with Crippen LogP contribution in [0.4, 0.5) is 4.39 Å². The monoisotopic (exact) mass is 900 g/mol. The van der Waals surface area contributed by atoms with Gasteiger partial charge in [-0.1, -0.05) is 52.0 Å². The Morgan fingerprint density at radius 2 is 1.62 bits per heavy atom. The van der Waals surface area contributed by atoms with E-state index in [1.54, 1.807) is 40.9 Å². The lowest BCUT2D eigenvalue weighted by Gasteiger charge is -2.47. The SMILES string of the molecule is CCC1/C=C(\C)C(F)C(C)CC(OC)C2OC(O)(C(=O)C(=O)N3CCCCC3C(=O)OC(C(C)=CC3CCC(Oc4cccc(C)c4)C(OC)C3)C(C)C(O)CC1=O)C(C)CC2OC. The Labute approximate surface area is 379 Å². The highest BCUT2D eigenvalue weighted by atomic mass is 19.1. The third-order valence-electron chi connectivity index (χ3n) is 14.4. The number of ether oxygens (including phenoxy) is 6. The fourth-order valence-electron chi connectivity index (χ4n) is 10.3. The van der Waals surface area contributed by atoms with Crippen molar-refractivity contribution >= 4 is 23.4 Å². The first-order valence-electron chi connectivity index (χ1n) is 23.4. The number of piperidine rings is 1. The van der Waals surface area contributed by atoms with Crippen molar-refractivity contribution in [3.8, 4) is 5.75 Å². The molecule has 1 amide bonds. The first kappa shape index (κ1) is 51.5. The van der Waals surface area contributed by atoms with Gasteiger partial charge in [0.25, 0.3) is 11.7 Å². The lowest BCUT2D eigenvalue weighted by molar-refractivity contribution is -0.302. The van der Waals surface area contributed by atoms with Crippen molar-refractivity contribution in [1.29, 1.82) is 0 Å². The van der Waals surface area contributed by atoms with Gasteiger partial charge in [0.2, 0.25) is 5.79 Å². The summed E-state index contributed by atoms with van der Waals surface area (Å²) in [5.41, 5.74) is 2.07. The molecule has 2 N–H and O–H groups in total. The number of halogens is 1. The lowest BCUT2D eigenvalue weighted by Crippen LogP contribution is -2.64. The molecule has 1 aliphatic carbocycles. The summed E-state index contributed by atoms with van der Waals surface area (Å²) < 4.78 is 52.7. The molecule has 0 aromatic heterocycles. The van der Waals surface area contributed by atoms with Crippen LogP contribution < -0.4 is 4.74 Å². The number of fused-ring (bicyclic) bond motifs is 3. The topological polar surface area (TPSA) is 167 Å². The number of nitrogens with zero attached hydrogens (tertiary/aromatic N) is 1. The van der Waals surface area contributed by atoms with Gasteiger partial charge in [0.05, 0.1) is 24.4 Å². The van der Waals surface area contributed by atoms with E-state index < -0.39 is 89.9 Å². The molecule has 2 saturated heterocycles. The smallest absolute Gasteiger partial charge is 0.329 e. The van der Waals surface area contributed by atoms with Crippen LogP contribution >= 0.6 is 0 Å². The number of rotatable bonds is 8. The van der Waals surface area contributed by atoms with Gasteiger partial charge >= 0.3 is 5.97 Å². The minimum absolute atomic E-state index is 0.00593. The molecular weight excluding hydrogens is 826 g/mol. The van der Waals surface area contributed by atoms with Crippen LogP contribution in [0.5, 0.6) is 5.75 Å². The average Bonchev–Trinajstić information content (AvgIpc) is 3.28. The van der Waals surface area contributed by atoms with Crippen molar-refractivity contribution in [2.45, 2.75) is 173 Å². The van der Waals surface area contributed by atoms with Crippen LogP contribution in [-0.4, -0.2) is 127 Å². The van der Waals surface area contributed by atoms with E-state index in [0.717, 1.165) is 22.6 Å². The van der Waals surface area contributed by atoms with Crippen LogP contribution in [0.25, 0.3) is 0 Å². The molecule has 3 fully saturated rings. The summed E-state index contributed by atoms with van der Waals surface area (Å²) in [5, 5.41) is 23.9. The minimum Gasteiger partial charge on any atom is -0.488 e. The number of aliphatic hydroxyl groups excluding tert-OH is 1. The number of esters is 1. The highest BCUT2D eigenvalue weighted by molar-refractivity contribution is 6.39. The van der Waals surface area contributed by atoms with E-state index in [1.807, 2.05) is 51.1 Å². The number of ketones is 2. The number of carbonyl (C=O) groups is 4. The zero-order valence-electron chi connectivity index (χ0n) is 39.6. The molecule has 3 aliphatic heterocycles. The number of cyclic esters (lactones) is 1. The fraction of sp³-hybridized carbons (Fsp3) is 0.720. The Kier molecular flexibility index (Phi) is 18.3. The van der Waals surface area contributed by atoms with E-state index >= 15 is 4.39 Å². The van der Waals surface area contributed by atoms with Crippen molar-refractivity contribution in [2.24, 2.45) is 29.6 Å². The normalized spacial score (nSPS) is 38.9. The maximum absolute atomic E-state index is 16.3. The number of aliphatic hydroxyl groups is 2. The molecule has 15 atom stereocenters. The van der Waals surface area contributed by atoms with Gasteiger partial charge in [0, 0.05) is 52.0 Å². The Hall–Kier alpha value is -3.53. The largest absolute Gasteiger partial charge is 0.488 e. The first-order chi connectivity index (χ1) is 30.4. The molecule has 2 bridgehead atoms. The molecule has 4 aliphatic rings. The number of benzene rings is 1. The Morgan fingerprint density at radius 1 is 0.938 bits per heavy atom. The molecule has 15 unspecified atom stereocenters. The Bertz CT molecular complexity index is 1840. The third-order valence-corrected chi connectivity index (χ3v) is 14.4. The molecule has 13 nitrogen and oxygen atoms in total. The molecule has 358 valence electrons. The zero-order valence-corrected chi connectivity index (χ0v) is 39.6. The van der Waals surface area contributed by atoms with Crippen LogP contribution in [-0.2, 0) is 42.9 Å². The summed E-state index contributed by atoms with van der Waals surface area (Å²) >= 11 is 0. The van der Waals surface area contributed by atoms with E-state index in [1.165, 1.54) is 14.2 Å². The second-order valence-corrected chi connectivity index (χ2v) is 19.0. The number of carbonyl (C=O) groups excluding carboxylic acids is 4. The van der Waals surface area contributed by atoms with E-state index in [2.05, 4.69) is 0 Å². The quantitative estimate of drug-likeness (QED) is 0.159. The van der Waals surface area contributed by atoms with Crippen LogP contribution in [0.15, 0.2) is 47.6 Å². The van der Waals surface area contributed by atoms with E-state index in [0.29, 0.717) is 43.3 Å². The number of hydrogen-bond acceptors (Lipinski definition) is 12. The highest BCUT2D eigenvalue weighted by Crippen LogP contribution is 2.40. The average molecular weight is 900 g/mol. The second kappa shape index (κ2) is 22.8. The van der Waals surface area contributed by atoms with Crippen LogP contribution in [0.3, 0.4) is 0 Å². The van der Waals surface area contributed by atoms with Crippen molar-refractivity contribution in [3.05, 3.63) is 53.1 Å². The highest BCUT2D eigenvalue weighted by Gasteiger charge is 2.57. The molecule has 0 radical (unpaired) electrons.